The van der Waals surface area contributed by atoms with E-state index in [1.807, 2.05) is 135 Å². The van der Waals surface area contributed by atoms with Gasteiger partial charge >= 0.3 is 0 Å². The van der Waals surface area contributed by atoms with Crippen LogP contribution in [0.2, 0.25) is 20.1 Å². The van der Waals surface area contributed by atoms with E-state index in [4.69, 9.17) is 55.9 Å². The van der Waals surface area contributed by atoms with Crippen molar-refractivity contribution in [1.82, 2.24) is 9.80 Å². The standard InChI is InChI=1S/2C23H25Cl2NO3S/c2*1-4-20(14(2)30-15(3)27)26-21(28)13-29-23(17-6-5-7-19(25)12-17)22(26)16-8-10-18(24)11-9-16/h2*5-12,14,20,22-23H,4,13H2,1-3H3/t14-,20+,22-,23-;14-,20-,22+,23+/m10/s1. The lowest BCUT2D eigenvalue weighted by Crippen LogP contribution is -2.53. The molecule has 14 heteroatoms. The van der Waals surface area contributed by atoms with Crippen LogP contribution in [0.25, 0.3) is 0 Å². The number of halogens is 4. The summed E-state index contributed by atoms with van der Waals surface area (Å²) in [6.45, 7) is 11.1. The number of nitrogens with zero attached hydrogens (tertiary/aromatic N) is 2. The maximum atomic E-state index is 13.1. The quantitative estimate of drug-likeness (QED) is 0.139. The SMILES string of the molecule is CC[C@@H]([C@@H](C)SC(C)=O)N1C(=O)CO[C@H](c2cccc(Cl)c2)[C@H]1c1ccc(Cl)cc1.CC[C@@H]([C@H](C)SC(C)=O)N1C(=O)CO[C@H](c2cccc(Cl)c2)[C@H]1c1ccc(Cl)cc1. The number of amides is 2. The highest BCUT2D eigenvalue weighted by molar-refractivity contribution is 8.14. The summed E-state index contributed by atoms with van der Waals surface area (Å²) in [6.07, 6.45) is 0.677. The van der Waals surface area contributed by atoms with E-state index in [0.29, 0.717) is 20.1 Å². The van der Waals surface area contributed by atoms with E-state index in [1.54, 1.807) is 13.8 Å². The fraction of sp³-hybridized carbons (Fsp3) is 0.391. The monoisotopic (exact) mass is 930 g/mol. The number of benzene rings is 4. The Morgan fingerprint density at radius 2 is 0.933 bits per heavy atom. The fourth-order valence-corrected chi connectivity index (χ4v) is 10.8. The van der Waals surface area contributed by atoms with Gasteiger partial charge < -0.3 is 19.3 Å². The summed E-state index contributed by atoms with van der Waals surface area (Å²) in [5.74, 6) is -0.174. The molecule has 6 rings (SSSR count). The van der Waals surface area contributed by atoms with Crippen LogP contribution in [0, 0.1) is 0 Å². The number of rotatable bonds is 12. The van der Waals surface area contributed by atoms with Crippen molar-refractivity contribution < 1.29 is 28.7 Å². The molecular weight excluding hydrogens is 882 g/mol. The van der Waals surface area contributed by atoms with Gasteiger partial charge in [-0.1, -0.05) is 146 Å². The van der Waals surface area contributed by atoms with Crippen molar-refractivity contribution in [1.29, 1.82) is 0 Å². The molecule has 4 aromatic carbocycles. The van der Waals surface area contributed by atoms with Crippen molar-refractivity contribution in [3.63, 3.8) is 0 Å². The second kappa shape index (κ2) is 22.3. The Balaban J connectivity index is 0.000000228. The van der Waals surface area contributed by atoms with E-state index in [-0.39, 0.29) is 82.1 Å². The molecule has 4 aromatic rings. The van der Waals surface area contributed by atoms with Gasteiger partial charge in [0.15, 0.2) is 10.2 Å². The topological polar surface area (TPSA) is 93.2 Å². The van der Waals surface area contributed by atoms with Gasteiger partial charge in [0, 0.05) is 56.5 Å². The fourth-order valence-electron chi connectivity index (χ4n) is 8.14. The Bertz CT molecular complexity index is 1960. The van der Waals surface area contributed by atoms with Crippen LogP contribution in [0.1, 0.15) is 101 Å². The molecule has 2 saturated heterocycles. The van der Waals surface area contributed by atoms with E-state index in [2.05, 4.69) is 0 Å². The first-order valence-corrected chi connectivity index (χ1v) is 23.1. The minimum absolute atomic E-state index is 0.0186. The Kier molecular flexibility index (Phi) is 17.9. The molecule has 0 saturated carbocycles. The molecule has 0 bridgehead atoms. The van der Waals surface area contributed by atoms with Gasteiger partial charge in [0.1, 0.15) is 25.4 Å². The van der Waals surface area contributed by atoms with E-state index in [0.717, 1.165) is 35.1 Å². The number of carbonyl (C=O) groups excluding carboxylic acids is 4. The molecule has 0 aromatic heterocycles. The number of carbonyl (C=O) groups is 4. The first-order valence-electron chi connectivity index (χ1n) is 19.8. The molecule has 2 heterocycles. The molecule has 0 unspecified atom stereocenters. The highest BCUT2D eigenvalue weighted by atomic mass is 35.5. The van der Waals surface area contributed by atoms with Crippen LogP contribution >= 0.6 is 69.9 Å². The maximum absolute atomic E-state index is 13.1. The lowest BCUT2D eigenvalue weighted by Gasteiger charge is -2.46. The van der Waals surface area contributed by atoms with E-state index >= 15 is 0 Å². The van der Waals surface area contributed by atoms with Crippen LogP contribution in [0.4, 0.5) is 0 Å². The van der Waals surface area contributed by atoms with Crippen molar-refractivity contribution in [2.24, 2.45) is 0 Å². The summed E-state index contributed by atoms with van der Waals surface area (Å²) >= 11 is 27.3. The van der Waals surface area contributed by atoms with Gasteiger partial charge in [-0.25, -0.2) is 0 Å². The molecule has 0 radical (unpaired) electrons. The summed E-state index contributed by atoms with van der Waals surface area (Å²) in [5, 5.41) is 2.45. The number of hydrogen-bond donors (Lipinski definition) is 0. The van der Waals surface area contributed by atoms with Gasteiger partial charge in [-0.3, -0.25) is 19.2 Å². The van der Waals surface area contributed by atoms with Crippen LogP contribution in [0.15, 0.2) is 97.1 Å². The Hall–Kier alpha value is -3.06. The van der Waals surface area contributed by atoms with Gasteiger partial charge in [0.05, 0.1) is 12.1 Å². The molecule has 0 aliphatic carbocycles. The van der Waals surface area contributed by atoms with Gasteiger partial charge in [-0.2, -0.15) is 0 Å². The second-order valence-electron chi connectivity index (χ2n) is 14.7. The molecule has 8 atom stereocenters. The molecule has 8 nitrogen and oxygen atoms in total. The van der Waals surface area contributed by atoms with Crippen LogP contribution < -0.4 is 0 Å². The van der Waals surface area contributed by atoms with Gasteiger partial charge in [0.2, 0.25) is 11.8 Å². The lowest BCUT2D eigenvalue weighted by atomic mass is 9.90. The van der Waals surface area contributed by atoms with Crippen LogP contribution in [-0.2, 0) is 28.7 Å². The summed E-state index contributed by atoms with van der Waals surface area (Å²) < 4.78 is 12.1. The Morgan fingerprint density at radius 3 is 1.23 bits per heavy atom. The average Bonchev–Trinajstić information content (AvgIpc) is 3.20. The predicted octanol–water partition coefficient (Wildman–Crippen LogP) is 12.2. The molecule has 320 valence electrons. The largest absolute Gasteiger partial charge is 0.361 e. The number of ether oxygens (including phenoxy) is 2. The molecule has 0 N–H and O–H groups in total. The van der Waals surface area contributed by atoms with E-state index in [1.165, 1.54) is 23.5 Å². The third-order valence-electron chi connectivity index (χ3n) is 10.6. The van der Waals surface area contributed by atoms with Crippen molar-refractivity contribution in [2.45, 2.75) is 101 Å². The van der Waals surface area contributed by atoms with Crippen molar-refractivity contribution in [2.75, 3.05) is 13.2 Å². The smallest absolute Gasteiger partial charge is 0.249 e. The predicted molar refractivity (Wildman–Crippen MR) is 246 cm³/mol. The van der Waals surface area contributed by atoms with Crippen molar-refractivity contribution >= 4 is 92.0 Å². The zero-order valence-electron chi connectivity index (χ0n) is 34.4. The maximum Gasteiger partial charge on any atom is 0.249 e. The number of morpholine rings is 2. The Labute approximate surface area is 381 Å². The van der Waals surface area contributed by atoms with Crippen molar-refractivity contribution in [3.8, 4) is 0 Å². The van der Waals surface area contributed by atoms with Gasteiger partial charge in [0.25, 0.3) is 0 Å². The molecule has 2 aliphatic heterocycles. The number of hydrogen-bond acceptors (Lipinski definition) is 8. The summed E-state index contributed by atoms with van der Waals surface area (Å²) in [4.78, 5) is 53.6. The summed E-state index contributed by atoms with van der Waals surface area (Å²) in [6, 6.07) is 29.1. The third-order valence-corrected chi connectivity index (χ3v) is 13.6. The average molecular weight is 933 g/mol. The Morgan fingerprint density at radius 1 is 0.583 bits per heavy atom. The van der Waals surface area contributed by atoms with E-state index < -0.39 is 0 Å². The lowest BCUT2D eigenvalue weighted by molar-refractivity contribution is -0.163. The summed E-state index contributed by atoms with van der Waals surface area (Å²) in [7, 11) is 0. The van der Waals surface area contributed by atoms with Crippen LogP contribution in [0.5, 0.6) is 0 Å². The van der Waals surface area contributed by atoms with Gasteiger partial charge in [-0.15, -0.1) is 0 Å². The molecular formula is C46H50Cl4N2O6S2. The highest BCUT2D eigenvalue weighted by Crippen LogP contribution is 2.45. The second-order valence-corrected chi connectivity index (χ2v) is 19.6. The van der Waals surface area contributed by atoms with Gasteiger partial charge in [-0.05, 0) is 83.6 Å². The molecule has 2 fully saturated rings. The third kappa shape index (κ3) is 12.1. The minimum atomic E-state index is -0.383. The molecule has 2 amide bonds. The van der Waals surface area contributed by atoms with Crippen LogP contribution in [-0.4, -0.2) is 67.6 Å². The zero-order valence-corrected chi connectivity index (χ0v) is 39.0. The summed E-state index contributed by atoms with van der Waals surface area (Å²) in [5.41, 5.74) is 3.66. The van der Waals surface area contributed by atoms with Crippen LogP contribution in [0.3, 0.4) is 0 Å². The minimum Gasteiger partial charge on any atom is -0.361 e. The zero-order chi connectivity index (χ0) is 43.7. The molecule has 2 aliphatic rings. The first-order chi connectivity index (χ1) is 28.6. The number of thioether (sulfide) groups is 2. The highest BCUT2D eigenvalue weighted by Gasteiger charge is 2.45. The molecule has 60 heavy (non-hydrogen) atoms. The molecule has 0 spiro atoms. The van der Waals surface area contributed by atoms with Crippen molar-refractivity contribution in [3.05, 3.63) is 139 Å². The first kappa shape index (κ1) is 48.0. The van der Waals surface area contributed by atoms with E-state index in [9.17, 15) is 19.2 Å². The normalized spacial score (nSPS) is 21.4.